The van der Waals surface area contributed by atoms with Gasteiger partial charge in [-0.05, 0) is 72.4 Å². The SMILES string of the molecule is O=C1c2cccc3c2C(=O)[C@]2(CSSCNc4cc(ccn4)C4(CCCC4)C[C@]4(O)[C@H](O)[C@@H](CO)O[C@@H](O3)[C@@H]4O)C(O)=CC(CC3CCCCC3)=C[C@H]12. The molecule has 0 unspecified atom stereocenters. The van der Waals surface area contributed by atoms with Gasteiger partial charge < -0.3 is 40.3 Å². The molecular weight excluding hydrogens is 717 g/mol. The number of carbonyl (C=O) groups is 2. The maximum atomic E-state index is 15.0. The Balaban J connectivity index is 1.23. The van der Waals surface area contributed by atoms with Gasteiger partial charge in [-0.2, -0.15) is 0 Å². The Labute approximate surface area is 317 Å². The summed E-state index contributed by atoms with van der Waals surface area (Å²) in [7, 11) is 2.84. The van der Waals surface area contributed by atoms with Gasteiger partial charge in [-0.25, -0.2) is 4.98 Å². The van der Waals surface area contributed by atoms with Crippen LogP contribution in [0.5, 0.6) is 5.75 Å². The largest absolute Gasteiger partial charge is 0.511 e. The van der Waals surface area contributed by atoms with Crippen molar-refractivity contribution in [3.05, 3.63) is 76.7 Å². The second-order valence-corrected chi connectivity index (χ2v) is 18.3. The van der Waals surface area contributed by atoms with Crippen LogP contribution in [-0.4, -0.2) is 90.5 Å². The van der Waals surface area contributed by atoms with Crippen LogP contribution in [0.1, 0.15) is 96.9 Å². The first-order chi connectivity index (χ1) is 25.6. The van der Waals surface area contributed by atoms with Gasteiger partial charge in [-0.3, -0.25) is 9.59 Å². The lowest BCUT2D eigenvalue weighted by molar-refractivity contribution is -0.318. The van der Waals surface area contributed by atoms with Gasteiger partial charge in [0.15, 0.2) is 11.6 Å². The molecule has 1 aromatic carbocycles. The van der Waals surface area contributed by atoms with Crippen LogP contribution in [0.3, 0.4) is 0 Å². The molecule has 3 fully saturated rings. The number of nitrogens with zero attached hydrogens (tertiary/aromatic N) is 1. The number of rotatable bonds is 3. The van der Waals surface area contributed by atoms with Gasteiger partial charge in [0.2, 0.25) is 6.29 Å². The summed E-state index contributed by atoms with van der Waals surface area (Å²) in [5.74, 6) is -0.409. The van der Waals surface area contributed by atoms with Crippen LogP contribution in [0, 0.1) is 17.3 Å². The van der Waals surface area contributed by atoms with Crippen molar-refractivity contribution in [2.24, 2.45) is 17.3 Å². The number of fused-ring (bicyclic) bond motifs is 5. The number of nitrogens with one attached hydrogen (secondary N) is 1. The second kappa shape index (κ2) is 14.6. The summed E-state index contributed by atoms with van der Waals surface area (Å²) >= 11 is 0. The number of hydrogen-bond donors (Lipinski definition) is 6. The zero-order chi connectivity index (χ0) is 37.0. The van der Waals surface area contributed by atoms with Gasteiger partial charge in [0.25, 0.3) is 0 Å². The summed E-state index contributed by atoms with van der Waals surface area (Å²) in [5.41, 5.74) is -2.58. The zero-order valence-corrected chi connectivity index (χ0v) is 31.2. The number of aliphatic hydroxyl groups excluding tert-OH is 4. The first kappa shape index (κ1) is 37.0. The highest BCUT2D eigenvalue weighted by atomic mass is 33.1. The number of carbonyl (C=O) groups excluding carboxylic acids is 2. The minimum Gasteiger partial charge on any atom is -0.511 e. The minimum atomic E-state index is -2.19. The maximum Gasteiger partial charge on any atom is 0.229 e. The molecule has 2 spiro atoms. The molecule has 13 heteroatoms. The topological polar surface area (TPSA) is 179 Å². The third-order valence-electron chi connectivity index (χ3n) is 12.7. The lowest BCUT2D eigenvalue weighted by Gasteiger charge is -2.51. The molecule has 1 aromatic heterocycles. The fraction of sp³-hybridized carbons (Fsp3) is 0.575. The molecule has 6 aliphatic rings. The van der Waals surface area contributed by atoms with E-state index in [1.165, 1.54) is 34.1 Å². The molecule has 8 rings (SSSR count). The van der Waals surface area contributed by atoms with Crippen molar-refractivity contribution in [3.63, 3.8) is 0 Å². The van der Waals surface area contributed by atoms with Crippen LogP contribution >= 0.6 is 21.6 Å². The molecule has 0 amide bonds. The number of aromatic nitrogens is 1. The second-order valence-electron chi connectivity index (χ2n) is 15.8. The highest BCUT2D eigenvalue weighted by molar-refractivity contribution is 8.76. The number of pyridine rings is 1. The molecule has 6 bridgehead atoms. The van der Waals surface area contributed by atoms with Gasteiger partial charge in [-0.1, -0.05) is 84.7 Å². The van der Waals surface area contributed by atoms with Crippen molar-refractivity contribution in [1.29, 1.82) is 0 Å². The first-order valence-corrected chi connectivity index (χ1v) is 21.4. The molecule has 1 saturated heterocycles. The van der Waals surface area contributed by atoms with Crippen LogP contribution in [0.2, 0.25) is 0 Å². The molecule has 4 aliphatic carbocycles. The van der Waals surface area contributed by atoms with Crippen LogP contribution in [0.15, 0.2) is 60.0 Å². The highest BCUT2D eigenvalue weighted by Crippen LogP contribution is 2.54. The summed E-state index contributed by atoms with van der Waals surface area (Å²) in [5, 5.41) is 61.5. The lowest BCUT2D eigenvalue weighted by atomic mass is 9.60. The van der Waals surface area contributed by atoms with E-state index in [1.807, 2.05) is 18.2 Å². The Morgan fingerprint density at radius 1 is 1.00 bits per heavy atom. The first-order valence-electron chi connectivity index (χ1n) is 18.9. The van der Waals surface area contributed by atoms with E-state index in [-0.39, 0.29) is 40.6 Å². The molecule has 11 nitrogen and oxygen atoms in total. The van der Waals surface area contributed by atoms with E-state index in [2.05, 4.69) is 10.3 Å². The van der Waals surface area contributed by atoms with E-state index in [0.717, 1.165) is 56.1 Å². The normalized spacial score (nSPS) is 34.5. The van der Waals surface area contributed by atoms with Gasteiger partial charge in [0, 0.05) is 17.5 Å². The van der Waals surface area contributed by atoms with Gasteiger partial charge in [-0.15, -0.1) is 0 Å². The Kier molecular flexibility index (Phi) is 10.2. The van der Waals surface area contributed by atoms with E-state index in [4.69, 9.17) is 9.47 Å². The maximum absolute atomic E-state index is 15.0. The van der Waals surface area contributed by atoms with Gasteiger partial charge in [0.1, 0.15) is 46.7 Å². The van der Waals surface area contributed by atoms with E-state index in [0.29, 0.717) is 30.5 Å². The van der Waals surface area contributed by atoms with Crippen molar-refractivity contribution >= 4 is 39.0 Å². The average Bonchev–Trinajstić information content (AvgIpc) is 3.64. The van der Waals surface area contributed by atoms with Gasteiger partial charge in [0.05, 0.1) is 24.0 Å². The lowest BCUT2D eigenvalue weighted by Crippen LogP contribution is -2.69. The summed E-state index contributed by atoms with van der Waals surface area (Å²) < 4.78 is 12.2. The smallest absolute Gasteiger partial charge is 0.229 e. The summed E-state index contributed by atoms with van der Waals surface area (Å²) in [6.45, 7) is -0.676. The number of hydrogen-bond acceptors (Lipinski definition) is 13. The van der Waals surface area contributed by atoms with E-state index >= 15 is 4.79 Å². The number of ether oxygens (including phenoxy) is 2. The van der Waals surface area contributed by atoms with Crippen molar-refractivity contribution in [2.75, 3.05) is 23.6 Å². The number of allylic oxidation sites excluding steroid dienone is 4. The van der Waals surface area contributed by atoms with Crippen LogP contribution < -0.4 is 10.1 Å². The van der Waals surface area contributed by atoms with Crippen LogP contribution in [-0.2, 0) is 10.2 Å². The van der Waals surface area contributed by atoms with Gasteiger partial charge >= 0.3 is 0 Å². The standard InChI is InChI=1S/C40H48N2O9S2/c43-19-29-34(46)40(49)20-38(12-4-5-13-38)25-11-14-41-31(18-25)42-22-53-52-21-39-27(16-24(17-30(39)44)15-23-7-2-1-3-8-23)33(45)26-9-6-10-28(32(26)35(39)47)50-37(51-29)36(40)48/h6,9-11,14,16-18,23,27,29,34,36-37,43-44,46,48-49H,1-5,7-8,12-13,15,19-22H2,(H,41,42)/t27-,29-,34-,36+,37-,39+,40+/m1/s1. The average molecular weight is 765 g/mol. The molecule has 2 saturated carbocycles. The molecule has 7 atom stereocenters. The summed E-state index contributed by atoms with van der Waals surface area (Å²) in [4.78, 5) is 34.2. The highest BCUT2D eigenvalue weighted by Gasteiger charge is 2.61. The molecule has 2 aromatic rings. The number of Topliss-reactive ketones (excluding diaryl/α,β-unsaturated/α-hetero) is 2. The van der Waals surface area contributed by atoms with Crippen LogP contribution in [0.25, 0.3) is 0 Å². The predicted molar refractivity (Wildman–Crippen MR) is 202 cm³/mol. The van der Waals surface area contributed by atoms with Crippen molar-refractivity contribution < 1.29 is 44.6 Å². The molecular formula is C40H48N2O9S2. The Bertz CT molecular complexity index is 1810. The summed E-state index contributed by atoms with van der Waals surface area (Å²) in [6.07, 6.45) is 8.35. The van der Waals surface area contributed by atoms with Crippen LogP contribution in [0.4, 0.5) is 5.82 Å². The molecule has 53 heavy (non-hydrogen) atoms. The molecule has 2 aliphatic heterocycles. The monoisotopic (exact) mass is 764 g/mol. The van der Waals surface area contributed by atoms with E-state index in [9.17, 15) is 30.3 Å². The molecule has 3 heterocycles. The third-order valence-corrected chi connectivity index (χ3v) is 15.0. The Morgan fingerprint density at radius 3 is 2.57 bits per heavy atom. The number of benzene rings is 1. The van der Waals surface area contributed by atoms with E-state index < -0.39 is 59.3 Å². The van der Waals surface area contributed by atoms with E-state index in [1.54, 1.807) is 24.4 Å². The number of ketones is 2. The zero-order valence-electron chi connectivity index (χ0n) is 29.6. The van der Waals surface area contributed by atoms with Crippen molar-refractivity contribution in [2.45, 2.75) is 106 Å². The summed E-state index contributed by atoms with van der Waals surface area (Å²) in [6, 6.07) is 8.51. The molecule has 0 radical (unpaired) electrons. The van der Waals surface area contributed by atoms with Crippen molar-refractivity contribution in [3.8, 4) is 5.75 Å². The Morgan fingerprint density at radius 2 is 1.79 bits per heavy atom. The fourth-order valence-corrected chi connectivity index (χ4v) is 12.1. The third kappa shape index (κ3) is 6.33. The quantitative estimate of drug-likeness (QED) is 0.212. The predicted octanol–water partition coefficient (Wildman–Crippen LogP) is 5.63. The molecule has 284 valence electrons. The van der Waals surface area contributed by atoms with Crippen molar-refractivity contribution in [1.82, 2.24) is 4.98 Å². The minimum absolute atomic E-state index is 0.0416. The fourth-order valence-electron chi connectivity index (χ4n) is 9.89. The number of anilines is 1. The number of aliphatic hydroxyl groups is 5. The molecule has 6 N–H and O–H groups in total. The Hall–Kier alpha value is -2.91.